The summed E-state index contributed by atoms with van der Waals surface area (Å²) in [5.41, 5.74) is 0.0717. The van der Waals surface area contributed by atoms with Crippen molar-refractivity contribution in [2.75, 3.05) is 11.9 Å². The molecule has 5 nitrogen and oxygen atoms in total. The zero-order chi connectivity index (χ0) is 21.6. The van der Waals surface area contributed by atoms with E-state index in [1.54, 1.807) is 24.3 Å². The van der Waals surface area contributed by atoms with Crippen LogP contribution in [0.3, 0.4) is 0 Å². The van der Waals surface area contributed by atoms with E-state index < -0.39 is 41.0 Å². The lowest BCUT2D eigenvalue weighted by atomic mass is 9.96. The predicted octanol–water partition coefficient (Wildman–Crippen LogP) is 4.34. The van der Waals surface area contributed by atoms with E-state index in [9.17, 15) is 22.8 Å². The lowest BCUT2D eigenvalue weighted by Crippen LogP contribution is -2.38. The Labute approximate surface area is 167 Å². The summed E-state index contributed by atoms with van der Waals surface area (Å²) in [5.74, 6) is -6.18. The summed E-state index contributed by atoms with van der Waals surface area (Å²) in [6, 6.07) is 8.09. The van der Waals surface area contributed by atoms with Crippen molar-refractivity contribution >= 4 is 17.5 Å². The minimum absolute atomic E-state index is 0.182. The normalized spacial score (nSPS) is 11.8. The maximum Gasteiger partial charge on any atom is 0.313 e. The van der Waals surface area contributed by atoms with Crippen LogP contribution in [0.15, 0.2) is 36.4 Å². The molecule has 0 heterocycles. The molecule has 8 heteroatoms. The van der Waals surface area contributed by atoms with Crippen molar-refractivity contribution in [3.8, 4) is 5.75 Å². The SMILES string of the molecule is CCOc1ccccc1C(CC(C)C)NC(=O)C(=O)Nc1ccc(F)c(F)c1F. The number of rotatable bonds is 7. The quantitative estimate of drug-likeness (QED) is 0.529. The topological polar surface area (TPSA) is 67.4 Å². The minimum atomic E-state index is -1.73. The summed E-state index contributed by atoms with van der Waals surface area (Å²) in [4.78, 5) is 24.6. The molecule has 2 rings (SSSR count). The number of anilines is 1. The van der Waals surface area contributed by atoms with Crippen LogP contribution < -0.4 is 15.4 Å². The van der Waals surface area contributed by atoms with E-state index in [1.165, 1.54) is 0 Å². The van der Waals surface area contributed by atoms with Crippen LogP contribution in [-0.4, -0.2) is 18.4 Å². The second kappa shape index (κ2) is 9.95. The first-order valence-corrected chi connectivity index (χ1v) is 9.21. The Morgan fingerprint density at radius 3 is 2.34 bits per heavy atom. The van der Waals surface area contributed by atoms with Gasteiger partial charge < -0.3 is 15.4 Å². The van der Waals surface area contributed by atoms with Crippen LogP contribution >= 0.6 is 0 Å². The predicted molar refractivity (Wildman–Crippen MR) is 103 cm³/mol. The number of halogens is 3. The molecule has 0 fully saturated rings. The van der Waals surface area contributed by atoms with Crippen molar-refractivity contribution in [1.29, 1.82) is 0 Å². The van der Waals surface area contributed by atoms with Crippen LogP contribution in [0, 0.1) is 23.4 Å². The largest absolute Gasteiger partial charge is 0.494 e. The van der Waals surface area contributed by atoms with Crippen LogP contribution in [0.5, 0.6) is 5.75 Å². The number of amides is 2. The highest BCUT2D eigenvalue weighted by atomic mass is 19.2. The van der Waals surface area contributed by atoms with E-state index in [0.717, 1.165) is 6.07 Å². The van der Waals surface area contributed by atoms with E-state index in [-0.39, 0.29) is 5.92 Å². The molecule has 0 saturated carbocycles. The fourth-order valence-electron chi connectivity index (χ4n) is 2.82. The fourth-order valence-corrected chi connectivity index (χ4v) is 2.82. The number of hydrogen-bond donors (Lipinski definition) is 2. The van der Waals surface area contributed by atoms with Gasteiger partial charge >= 0.3 is 11.8 Å². The van der Waals surface area contributed by atoms with Gasteiger partial charge in [0.25, 0.3) is 0 Å². The summed E-state index contributed by atoms with van der Waals surface area (Å²) in [6.45, 7) is 6.17. The van der Waals surface area contributed by atoms with Gasteiger partial charge in [-0.05, 0) is 37.5 Å². The van der Waals surface area contributed by atoms with Crippen LogP contribution in [0.4, 0.5) is 18.9 Å². The number of ether oxygens (including phenoxy) is 1. The summed E-state index contributed by atoms with van der Waals surface area (Å²) >= 11 is 0. The van der Waals surface area contributed by atoms with Gasteiger partial charge in [0.05, 0.1) is 18.3 Å². The Morgan fingerprint density at radius 2 is 1.69 bits per heavy atom. The second-order valence-corrected chi connectivity index (χ2v) is 6.80. The Morgan fingerprint density at radius 1 is 1.00 bits per heavy atom. The molecule has 29 heavy (non-hydrogen) atoms. The summed E-state index contributed by atoms with van der Waals surface area (Å²) < 4.78 is 45.7. The van der Waals surface area contributed by atoms with Crippen LogP contribution in [0.1, 0.15) is 38.8 Å². The molecule has 0 bridgehead atoms. The van der Waals surface area contributed by atoms with Gasteiger partial charge in [0.2, 0.25) is 0 Å². The third kappa shape index (κ3) is 5.73. The molecule has 0 radical (unpaired) electrons. The van der Waals surface area contributed by atoms with Gasteiger partial charge in [0.1, 0.15) is 5.75 Å². The third-order valence-electron chi connectivity index (χ3n) is 4.10. The molecule has 0 aliphatic carbocycles. The van der Waals surface area contributed by atoms with Gasteiger partial charge in [0.15, 0.2) is 17.5 Å². The number of carbonyl (C=O) groups excluding carboxylic acids is 2. The van der Waals surface area contributed by atoms with E-state index >= 15 is 0 Å². The number of benzene rings is 2. The Bertz CT molecular complexity index is 887. The maximum absolute atomic E-state index is 13.7. The molecule has 0 saturated heterocycles. The van der Waals surface area contributed by atoms with Gasteiger partial charge in [-0.15, -0.1) is 0 Å². The first kappa shape index (κ1) is 22.3. The molecule has 0 aromatic heterocycles. The zero-order valence-electron chi connectivity index (χ0n) is 16.4. The van der Waals surface area contributed by atoms with Crippen molar-refractivity contribution in [3.05, 3.63) is 59.4 Å². The standard InChI is InChI=1S/C21H23F3N2O3/c1-4-29-17-8-6-5-7-13(17)16(11-12(2)3)26-21(28)20(27)25-15-10-9-14(22)18(23)19(15)24/h5-10,12,16H,4,11H2,1-3H3,(H,25,27)(H,26,28). The van der Waals surface area contributed by atoms with Gasteiger partial charge in [-0.3, -0.25) is 9.59 Å². The van der Waals surface area contributed by atoms with Crippen LogP contribution in [0.25, 0.3) is 0 Å². The van der Waals surface area contributed by atoms with E-state index in [4.69, 9.17) is 4.74 Å². The molecule has 2 aromatic carbocycles. The molecule has 2 amide bonds. The Hall–Kier alpha value is -3.03. The lowest BCUT2D eigenvalue weighted by molar-refractivity contribution is -0.136. The van der Waals surface area contributed by atoms with Crippen LogP contribution in [-0.2, 0) is 9.59 Å². The number of hydrogen-bond acceptors (Lipinski definition) is 3. The monoisotopic (exact) mass is 408 g/mol. The highest BCUT2D eigenvalue weighted by Gasteiger charge is 2.24. The summed E-state index contributed by atoms with van der Waals surface area (Å²) in [5, 5.41) is 4.57. The van der Waals surface area contributed by atoms with Gasteiger partial charge in [-0.2, -0.15) is 0 Å². The molecule has 2 N–H and O–H groups in total. The van der Waals surface area contributed by atoms with E-state index in [2.05, 4.69) is 5.32 Å². The van der Waals surface area contributed by atoms with Crippen molar-refractivity contribution in [1.82, 2.24) is 5.32 Å². The molecular weight excluding hydrogens is 385 g/mol. The zero-order valence-corrected chi connectivity index (χ0v) is 16.4. The maximum atomic E-state index is 13.7. The number of nitrogens with one attached hydrogen (secondary N) is 2. The molecule has 1 atom stereocenters. The van der Waals surface area contributed by atoms with Gasteiger partial charge in [-0.25, -0.2) is 13.2 Å². The van der Waals surface area contributed by atoms with Gasteiger partial charge in [0, 0.05) is 5.56 Å². The Kier molecular flexibility index (Phi) is 7.64. The molecule has 156 valence electrons. The molecule has 2 aromatic rings. The highest BCUT2D eigenvalue weighted by Crippen LogP contribution is 2.29. The first-order valence-electron chi connectivity index (χ1n) is 9.21. The molecule has 0 aliphatic rings. The number of carbonyl (C=O) groups is 2. The average molecular weight is 408 g/mol. The molecule has 0 spiro atoms. The second-order valence-electron chi connectivity index (χ2n) is 6.80. The van der Waals surface area contributed by atoms with Gasteiger partial charge in [-0.1, -0.05) is 32.0 Å². The van der Waals surface area contributed by atoms with E-state index in [1.807, 2.05) is 26.1 Å². The summed E-state index contributed by atoms with van der Waals surface area (Å²) in [6.07, 6.45) is 0.517. The molecule has 0 aliphatic heterocycles. The molecule has 1 unspecified atom stereocenters. The third-order valence-corrected chi connectivity index (χ3v) is 4.10. The number of para-hydroxylation sites is 1. The minimum Gasteiger partial charge on any atom is -0.494 e. The van der Waals surface area contributed by atoms with E-state index in [0.29, 0.717) is 30.4 Å². The Balaban J connectivity index is 2.20. The first-order chi connectivity index (χ1) is 13.7. The molecular formula is C21H23F3N2O3. The summed E-state index contributed by atoms with van der Waals surface area (Å²) in [7, 11) is 0. The average Bonchev–Trinajstić information content (AvgIpc) is 2.68. The van der Waals surface area contributed by atoms with Crippen LogP contribution in [0.2, 0.25) is 0 Å². The van der Waals surface area contributed by atoms with Crippen molar-refractivity contribution < 1.29 is 27.5 Å². The van der Waals surface area contributed by atoms with Crippen molar-refractivity contribution in [2.24, 2.45) is 5.92 Å². The highest BCUT2D eigenvalue weighted by molar-refractivity contribution is 6.39. The smallest absolute Gasteiger partial charge is 0.313 e. The van der Waals surface area contributed by atoms with Crippen molar-refractivity contribution in [2.45, 2.75) is 33.2 Å². The van der Waals surface area contributed by atoms with Crippen molar-refractivity contribution in [3.63, 3.8) is 0 Å². The lowest BCUT2D eigenvalue weighted by Gasteiger charge is -2.23. The fraction of sp³-hybridized carbons (Fsp3) is 0.333.